The Hall–Kier alpha value is -2.79. The van der Waals surface area contributed by atoms with Crippen molar-refractivity contribution in [2.45, 2.75) is 31.7 Å². The van der Waals surface area contributed by atoms with E-state index < -0.39 is 16.1 Å². The number of anilines is 2. The van der Waals surface area contributed by atoms with Gasteiger partial charge in [-0.3, -0.25) is 9.48 Å². The summed E-state index contributed by atoms with van der Waals surface area (Å²) in [7, 11) is -3.83. The van der Waals surface area contributed by atoms with E-state index in [1.807, 2.05) is 13.8 Å². The first-order chi connectivity index (χ1) is 13.7. The molecule has 0 spiro atoms. The number of sulfonamides is 1. The van der Waals surface area contributed by atoms with Crippen LogP contribution in [0.2, 0.25) is 0 Å². The molecule has 2 N–H and O–H groups in total. The summed E-state index contributed by atoms with van der Waals surface area (Å²) in [6.45, 7) is 5.46. The third-order valence-electron chi connectivity index (χ3n) is 4.21. The van der Waals surface area contributed by atoms with Gasteiger partial charge >= 0.3 is 0 Å². The highest BCUT2D eigenvalue weighted by Crippen LogP contribution is 2.24. The molecule has 0 aliphatic carbocycles. The largest absolute Gasteiger partial charge is 0.324 e. The van der Waals surface area contributed by atoms with Gasteiger partial charge in [-0.25, -0.2) is 23.1 Å². The fourth-order valence-corrected chi connectivity index (χ4v) is 3.85. The van der Waals surface area contributed by atoms with Gasteiger partial charge in [0.1, 0.15) is 6.04 Å². The van der Waals surface area contributed by atoms with Crippen molar-refractivity contribution in [3.05, 3.63) is 58.6 Å². The SMILES string of the molecule is Cc1nn(C(C)C(=O)Nc2ccc(S(=O)(=O)Nc3ncccn3)cc2)c(C)c1Br. The summed E-state index contributed by atoms with van der Waals surface area (Å²) in [5.74, 6) is -0.288. The van der Waals surface area contributed by atoms with Gasteiger partial charge in [-0.15, -0.1) is 0 Å². The number of aryl methyl sites for hydroxylation is 1. The number of hydrogen-bond donors (Lipinski definition) is 2. The molecule has 1 aromatic carbocycles. The predicted octanol–water partition coefficient (Wildman–Crippen LogP) is 3.05. The van der Waals surface area contributed by atoms with Crippen LogP contribution in [-0.2, 0) is 14.8 Å². The van der Waals surface area contributed by atoms with Crippen LogP contribution in [-0.4, -0.2) is 34.1 Å². The van der Waals surface area contributed by atoms with E-state index in [-0.39, 0.29) is 16.8 Å². The lowest BCUT2D eigenvalue weighted by Gasteiger charge is -2.15. The summed E-state index contributed by atoms with van der Waals surface area (Å²) in [6.07, 6.45) is 2.87. The number of nitrogens with one attached hydrogen (secondary N) is 2. The number of benzene rings is 1. The molecule has 29 heavy (non-hydrogen) atoms. The molecule has 1 unspecified atom stereocenters. The Balaban J connectivity index is 1.71. The summed E-state index contributed by atoms with van der Waals surface area (Å²) < 4.78 is 29.6. The molecule has 11 heteroatoms. The van der Waals surface area contributed by atoms with Crippen LogP contribution in [0.25, 0.3) is 0 Å². The van der Waals surface area contributed by atoms with E-state index in [2.05, 4.69) is 41.0 Å². The van der Waals surface area contributed by atoms with Crippen molar-refractivity contribution in [2.75, 3.05) is 10.0 Å². The minimum Gasteiger partial charge on any atom is -0.324 e. The highest BCUT2D eigenvalue weighted by atomic mass is 79.9. The Morgan fingerprint density at radius 1 is 1.14 bits per heavy atom. The highest BCUT2D eigenvalue weighted by Gasteiger charge is 2.21. The summed E-state index contributed by atoms with van der Waals surface area (Å²) >= 11 is 3.45. The van der Waals surface area contributed by atoms with Crippen LogP contribution in [0, 0.1) is 13.8 Å². The van der Waals surface area contributed by atoms with E-state index in [9.17, 15) is 13.2 Å². The van der Waals surface area contributed by atoms with Crippen LogP contribution < -0.4 is 10.0 Å². The van der Waals surface area contributed by atoms with Crippen molar-refractivity contribution in [1.82, 2.24) is 19.7 Å². The minimum atomic E-state index is -3.83. The first-order valence-corrected chi connectivity index (χ1v) is 10.9. The van der Waals surface area contributed by atoms with Crippen LogP contribution >= 0.6 is 15.9 Å². The lowest BCUT2D eigenvalue weighted by atomic mass is 10.2. The average molecular weight is 479 g/mol. The minimum absolute atomic E-state index is 0.0187. The van der Waals surface area contributed by atoms with Crippen molar-refractivity contribution in [3.8, 4) is 0 Å². The van der Waals surface area contributed by atoms with Crippen molar-refractivity contribution in [2.24, 2.45) is 0 Å². The Labute approximate surface area is 176 Å². The highest BCUT2D eigenvalue weighted by molar-refractivity contribution is 9.10. The Morgan fingerprint density at radius 3 is 2.31 bits per heavy atom. The van der Waals surface area contributed by atoms with Crippen LogP contribution in [0.5, 0.6) is 0 Å². The van der Waals surface area contributed by atoms with Gasteiger partial charge in [-0.1, -0.05) is 0 Å². The van der Waals surface area contributed by atoms with Crippen LogP contribution in [0.4, 0.5) is 11.6 Å². The van der Waals surface area contributed by atoms with Gasteiger partial charge in [0, 0.05) is 18.1 Å². The normalized spacial score (nSPS) is 12.4. The lowest BCUT2D eigenvalue weighted by Crippen LogP contribution is -2.25. The van der Waals surface area contributed by atoms with Crippen molar-refractivity contribution < 1.29 is 13.2 Å². The summed E-state index contributed by atoms with van der Waals surface area (Å²) in [6, 6.07) is 6.86. The number of halogens is 1. The van der Waals surface area contributed by atoms with Gasteiger partial charge < -0.3 is 5.32 Å². The van der Waals surface area contributed by atoms with Crippen molar-refractivity contribution >= 4 is 43.5 Å². The van der Waals surface area contributed by atoms with E-state index in [0.717, 1.165) is 15.9 Å². The van der Waals surface area contributed by atoms with Crippen molar-refractivity contribution in [3.63, 3.8) is 0 Å². The maximum absolute atomic E-state index is 12.6. The van der Waals surface area contributed by atoms with Crippen molar-refractivity contribution in [1.29, 1.82) is 0 Å². The molecule has 0 fully saturated rings. The van der Waals surface area contributed by atoms with Crippen LogP contribution in [0.1, 0.15) is 24.4 Å². The topological polar surface area (TPSA) is 119 Å². The second-order valence-corrected chi connectivity index (χ2v) is 8.77. The second kappa shape index (κ2) is 8.29. The van der Waals surface area contributed by atoms with Crippen LogP contribution in [0.3, 0.4) is 0 Å². The fraction of sp³-hybridized carbons (Fsp3) is 0.222. The molecule has 3 aromatic rings. The molecule has 1 atom stereocenters. The number of aromatic nitrogens is 4. The number of nitrogens with zero attached hydrogens (tertiary/aromatic N) is 4. The molecular weight excluding hydrogens is 460 g/mol. The molecule has 2 heterocycles. The Morgan fingerprint density at radius 2 is 1.76 bits per heavy atom. The number of carbonyl (C=O) groups is 1. The first-order valence-electron chi connectivity index (χ1n) is 8.61. The van der Waals surface area contributed by atoms with Gasteiger partial charge in [0.2, 0.25) is 11.9 Å². The third kappa shape index (κ3) is 4.62. The molecule has 3 rings (SSSR count). The second-order valence-electron chi connectivity index (χ2n) is 6.30. The maximum atomic E-state index is 12.6. The molecule has 0 bridgehead atoms. The molecule has 152 valence electrons. The maximum Gasteiger partial charge on any atom is 0.264 e. The summed E-state index contributed by atoms with van der Waals surface area (Å²) in [5.41, 5.74) is 2.12. The summed E-state index contributed by atoms with van der Waals surface area (Å²) in [5, 5.41) is 7.14. The zero-order valence-corrected chi connectivity index (χ0v) is 18.3. The average Bonchev–Trinajstić information content (AvgIpc) is 2.95. The van der Waals surface area contributed by atoms with Gasteiger partial charge in [-0.2, -0.15) is 5.10 Å². The van der Waals surface area contributed by atoms with Gasteiger partial charge in [0.15, 0.2) is 0 Å². The Kier molecular flexibility index (Phi) is 5.99. The van der Waals surface area contributed by atoms with Crippen LogP contribution in [0.15, 0.2) is 52.1 Å². The van der Waals surface area contributed by atoms with E-state index in [0.29, 0.717) is 5.69 Å². The van der Waals surface area contributed by atoms with Gasteiger partial charge in [-0.05, 0) is 67.0 Å². The molecule has 0 saturated carbocycles. The van der Waals surface area contributed by atoms with E-state index in [1.54, 1.807) is 17.7 Å². The number of rotatable bonds is 6. The smallest absolute Gasteiger partial charge is 0.264 e. The first kappa shape index (κ1) is 20.9. The van der Waals surface area contributed by atoms with Gasteiger partial charge in [0.25, 0.3) is 10.0 Å². The number of hydrogen-bond acceptors (Lipinski definition) is 6. The monoisotopic (exact) mass is 478 g/mol. The molecule has 0 aliphatic heterocycles. The zero-order valence-electron chi connectivity index (χ0n) is 15.9. The molecule has 0 radical (unpaired) electrons. The van der Waals surface area contributed by atoms with E-state index in [1.165, 1.54) is 36.7 Å². The number of carbonyl (C=O) groups excluding carboxylic acids is 1. The van der Waals surface area contributed by atoms with E-state index in [4.69, 9.17) is 0 Å². The lowest BCUT2D eigenvalue weighted by molar-refractivity contribution is -0.119. The van der Waals surface area contributed by atoms with E-state index >= 15 is 0 Å². The third-order valence-corrected chi connectivity index (χ3v) is 6.70. The standard InChI is InChI=1S/C18H19BrN6O3S/c1-11-16(19)12(2)25(23-11)13(3)17(26)22-14-5-7-15(8-6-14)29(27,28)24-18-20-9-4-10-21-18/h4-10,13H,1-3H3,(H,22,26)(H,20,21,24). The molecule has 2 aromatic heterocycles. The molecule has 9 nitrogen and oxygen atoms in total. The molecule has 1 amide bonds. The quantitative estimate of drug-likeness (QED) is 0.561. The van der Waals surface area contributed by atoms with Gasteiger partial charge in [0.05, 0.1) is 20.8 Å². The Bertz CT molecular complexity index is 1130. The predicted molar refractivity (Wildman–Crippen MR) is 112 cm³/mol. The number of amides is 1. The summed E-state index contributed by atoms with van der Waals surface area (Å²) in [4.78, 5) is 20.3. The molecular formula is C18H19BrN6O3S. The molecule has 0 aliphatic rings. The fourth-order valence-electron chi connectivity index (χ4n) is 2.63. The molecule has 0 saturated heterocycles. The zero-order chi connectivity index (χ0) is 21.2.